The van der Waals surface area contributed by atoms with E-state index in [4.69, 9.17) is 0 Å². The first-order chi connectivity index (χ1) is 8.36. The molecule has 0 amide bonds. The fourth-order valence-corrected chi connectivity index (χ4v) is 1.68. The Balaban J connectivity index is 0.000000581. The fourth-order valence-electron chi connectivity index (χ4n) is 1.68. The van der Waals surface area contributed by atoms with Gasteiger partial charge in [0.2, 0.25) is 0 Å². The van der Waals surface area contributed by atoms with Gasteiger partial charge in [0.1, 0.15) is 0 Å². The highest BCUT2D eigenvalue weighted by atomic mass is 15.2. The van der Waals surface area contributed by atoms with Crippen LogP contribution < -0.4 is 10.2 Å². The molecular formula is C15H28N2. The number of hydrogen-bond acceptors (Lipinski definition) is 2. The molecule has 0 unspecified atom stereocenters. The molecule has 0 spiro atoms. The maximum Gasteiger partial charge on any atom is 0.0367 e. The first kappa shape index (κ1) is 16.0. The average Bonchev–Trinajstić information content (AvgIpc) is 2.45. The van der Waals surface area contributed by atoms with Crippen LogP contribution in [0.5, 0.6) is 0 Å². The van der Waals surface area contributed by atoms with Gasteiger partial charge in [-0.25, -0.2) is 0 Å². The van der Waals surface area contributed by atoms with E-state index < -0.39 is 0 Å². The van der Waals surface area contributed by atoms with Gasteiger partial charge in [0, 0.05) is 31.9 Å². The second-order valence-electron chi connectivity index (χ2n) is 3.57. The Bertz CT molecular complexity index is 261. The highest BCUT2D eigenvalue weighted by molar-refractivity contribution is 5.47. The zero-order chi connectivity index (χ0) is 13.1. The number of rotatable bonds is 1. The van der Waals surface area contributed by atoms with E-state index in [0.717, 1.165) is 26.2 Å². The van der Waals surface area contributed by atoms with Gasteiger partial charge in [-0.2, -0.15) is 0 Å². The molecule has 1 N–H and O–H groups in total. The highest BCUT2D eigenvalue weighted by Gasteiger charge is 2.08. The topological polar surface area (TPSA) is 15.3 Å². The summed E-state index contributed by atoms with van der Waals surface area (Å²) < 4.78 is 0. The van der Waals surface area contributed by atoms with Crippen LogP contribution in [0.1, 0.15) is 33.3 Å². The molecule has 1 fully saturated rings. The lowest BCUT2D eigenvalue weighted by Gasteiger charge is -2.29. The van der Waals surface area contributed by atoms with Gasteiger partial charge in [-0.1, -0.05) is 45.4 Å². The van der Waals surface area contributed by atoms with Crippen LogP contribution in [0.15, 0.2) is 24.3 Å². The molecule has 1 aliphatic rings. The molecular weight excluding hydrogens is 208 g/mol. The number of nitrogens with one attached hydrogen (secondary N) is 1. The monoisotopic (exact) mass is 236 g/mol. The molecule has 0 aliphatic carbocycles. The van der Waals surface area contributed by atoms with Gasteiger partial charge >= 0.3 is 0 Å². The van der Waals surface area contributed by atoms with E-state index in [0.29, 0.717) is 0 Å². The van der Waals surface area contributed by atoms with E-state index in [2.05, 4.69) is 41.4 Å². The summed E-state index contributed by atoms with van der Waals surface area (Å²) in [6, 6.07) is 8.77. The van der Waals surface area contributed by atoms with Crippen LogP contribution in [-0.4, -0.2) is 26.2 Å². The highest BCUT2D eigenvalue weighted by Crippen LogP contribution is 2.14. The van der Waals surface area contributed by atoms with Crippen molar-refractivity contribution in [1.29, 1.82) is 0 Å². The fraction of sp³-hybridized carbons (Fsp3) is 0.600. The van der Waals surface area contributed by atoms with E-state index in [1.807, 2.05) is 27.7 Å². The summed E-state index contributed by atoms with van der Waals surface area (Å²) in [4.78, 5) is 2.43. The molecule has 1 aliphatic heterocycles. The van der Waals surface area contributed by atoms with Crippen LogP contribution in [0, 0.1) is 6.92 Å². The third kappa shape index (κ3) is 5.73. The molecule has 0 saturated carbocycles. The number of hydrogen-bond donors (Lipinski definition) is 1. The molecule has 0 radical (unpaired) electrons. The predicted molar refractivity (Wildman–Crippen MR) is 79.0 cm³/mol. The van der Waals surface area contributed by atoms with Crippen molar-refractivity contribution < 1.29 is 0 Å². The van der Waals surface area contributed by atoms with Crippen LogP contribution in [0.2, 0.25) is 0 Å². The number of benzene rings is 1. The Morgan fingerprint density at radius 2 is 1.35 bits per heavy atom. The van der Waals surface area contributed by atoms with E-state index in [9.17, 15) is 0 Å². The van der Waals surface area contributed by atoms with Gasteiger partial charge < -0.3 is 10.2 Å². The summed E-state index contributed by atoms with van der Waals surface area (Å²) in [5.74, 6) is 0. The van der Waals surface area contributed by atoms with Crippen molar-refractivity contribution in [3.8, 4) is 0 Å². The van der Waals surface area contributed by atoms with Crippen LogP contribution in [0.3, 0.4) is 0 Å². The zero-order valence-electron chi connectivity index (χ0n) is 12.1. The zero-order valence-corrected chi connectivity index (χ0v) is 12.1. The average molecular weight is 236 g/mol. The molecule has 2 rings (SSSR count). The Labute approximate surface area is 107 Å². The summed E-state index contributed by atoms with van der Waals surface area (Å²) in [5, 5.41) is 3.35. The van der Waals surface area contributed by atoms with Gasteiger partial charge in [-0.15, -0.1) is 0 Å². The molecule has 17 heavy (non-hydrogen) atoms. The first-order valence-electron chi connectivity index (χ1n) is 6.88. The van der Waals surface area contributed by atoms with Crippen molar-refractivity contribution in [3.05, 3.63) is 29.8 Å². The minimum absolute atomic E-state index is 1.11. The number of anilines is 1. The Kier molecular flexibility index (Phi) is 9.55. The lowest BCUT2D eigenvalue weighted by atomic mass is 10.2. The maximum absolute atomic E-state index is 3.35. The minimum Gasteiger partial charge on any atom is -0.369 e. The largest absolute Gasteiger partial charge is 0.369 e. The van der Waals surface area contributed by atoms with Gasteiger partial charge in [0.25, 0.3) is 0 Å². The van der Waals surface area contributed by atoms with Crippen molar-refractivity contribution in [2.75, 3.05) is 31.1 Å². The Morgan fingerprint density at radius 1 is 0.882 bits per heavy atom. The summed E-state index contributed by atoms with van der Waals surface area (Å²) in [6.45, 7) is 14.6. The van der Waals surface area contributed by atoms with Gasteiger partial charge in [-0.05, 0) is 19.1 Å². The minimum atomic E-state index is 1.11. The van der Waals surface area contributed by atoms with Gasteiger partial charge in [0.15, 0.2) is 0 Å². The quantitative estimate of drug-likeness (QED) is 0.803. The Morgan fingerprint density at radius 3 is 1.82 bits per heavy atom. The molecule has 2 heteroatoms. The molecule has 1 saturated heterocycles. The standard InChI is InChI=1S/C11H16N2.2C2H6/c1-10-2-4-11(5-3-10)13-8-6-12-7-9-13;2*1-2/h2-5,12H,6-9H2,1H3;2*1-2H3. The number of piperazine rings is 1. The number of nitrogens with zero attached hydrogens (tertiary/aromatic N) is 1. The second-order valence-corrected chi connectivity index (χ2v) is 3.57. The molecule has 0 aromatic heterocycles. The van der Waals surface area contributed by atoms with Crippen LogP contribution >= 0.6 is 0 Å². The van der Waals surface area contributed by atoms with Crippen LogP contribution in [-0.2, 0) is 0 Å². The number of aryl methyl sites for hydroxylation is 1. The molecule has 98 valence electrons. The van der Waals surface area contributed by atoms with Crippen LogP contribution in [0.4, 0.5) is 5.69 Å². The molecule has 0 atom stereocenters. The Hall–Kier alpha value is -1.02. The van der Waals surface area contributed by atoms with Crippen molar-refractivity contribution >= 4 is 5.69 Å². The molecule has 0 bridgehead atoms. The summed E-state index contributed by atoms with van der Waals surface area (Å²) in [5.41, 5.74) is 2.69. The van der Waals surface area contributed by atoms with Crippen molar-refractivity contribution in [2.24, 2.45) is 0 Å². The molecule has 1 heterocycles. The van der Waals surface area contributed by atoms with Crippen LogP contribution in [0.25, 0.3) is 0 Å². The third-order valence-corrected chi connectivity index (χ3v) is 2.52. The second kappa shape index (κ2) is 10.2. The van der Waals surface area contributed by atoms with E-state index >= 15 is 0 Å². The van der Waals surface area contributed by atoms with E-state index in [1.165, 1.54) is 11.3 Å². The van der Waals surface area contributed by atoms with Crippen molar-refractivity contribution in [3.63, 3.8) is 0 Å². The third-order valence-electron chi connectivity index (χ3n) is 2.52. The van der Waals surface area contributed by atoms with E-state index in [-0.39, 0.29) is 0 Å². The normalized spacial score (nSPS) is 14.1. The van der Waals surface area contributed by atoms with E-state index in [1.54, 1.807) is 0 Å². The first-order valence-corrected chi connectivity index (χ1v) is 6.88. The van der Waals surface area contributed by atoms with Gasteiger partial charge in [0.05, 0.1) is 0 Å². The van der Waals surface area contributed by atoms with Crippen molar-refractivity contribution in [2.45, 2.75) is 34.6 Å². The predicted octanol–water partition coefficient (Wildman–Crippen LogP) is 3.46. The summed E-state index contributed by atoms with van der Waals surface area (Å²) in [7, 11) is 0. The summed E-state index contributed by atoms with van der Waals surface area (Å²) >= 11 is 0. The van der Waals surface area contributed by atoms with Crippen molar-refractivity contribution in [1.82, 2.24) is 5.32 Å². The molecule has 1 aromatic rings. The smallest absolute Gasteiger partial charge is 0.0367 e. The molecule has 2 nitrogen and oxygen atoms in total. The molecule has 1 aromatic carbocycles. The van der Waals surface area contributed by atoms with Gasteiger partial charge in [-0.3, -0.25) is 0 Å². The SMILES string of the molecule is CC.CC.Cc1ccc(N2CCNCC2)cc1. The lowest BCUT2D eigenvalue weighted by molar-refractivity contribution is 0.589. The summed E-state index contributed by atoms with van der Waals surface area (Å²) in [6.07, 6.45) is 0. The maximum atomic E-state index is 3.35. The lowest BCUT2D eigenvalue weighted by Crippen LogP contribution is -2.43.